The molecule has 2 aromatic rings. The molecule has 0 bridgehead atoms. The van der Waals surface area contributed by atoms with Gasteiger partial charge in [-0.3, -0.25) is 4.79 Å². The van der Waals surface area contributed by atoms with Gasteiger partial charge in [0.25, 0.3) is 0 Å². The van der Waals surface area contributed by atoms with Gasteiger partial charge in [-0.2, -0.15) is 0 Å². The molecule has 3 heteroatoms. The highest BCUT2D eigenvalue weighted by Crippen LogP contribution is 2.24. The molecule has 0 radical (unpaired) electrons. The average Bonchev–Trinajstić information content (AvgIpc) is 2.39. The molecule has 0 saturated carbocycles. The largest absolute Gasteiger partial charge is 0.456 e. The van der Waals surface area contributed by atoms with E-state index < -0.39 is 0 Å². The number of hydrogen-bond acceptors (Lipinski definition) is 3. The Balaban J connectivity index is 2.16. The van der Waals surface area contributed by atoms with Crippen molar-refractivity contribution >= 4 is 5.78 Å². The average molecular weight is 255 g/mol. The minimum absolute atomic E-state index is 0.0478. The predicted octanol–water partition coefficient (Wildman–Crippen LogP) is 4.20. The fourth-order valence-corrected chi connectivity index (χ4v) is 1.72. The van der Waals surface area contributed by atoms with E-state index in [1.807, 2.05) is 18.2 Å². The molecule has 0 unspecified atom stereocenters. The highest BCUT2D eigenvalue weighted by atomic mass is 16.5. The highest BCUT2D eigenvalue weighted by Gasteiger charge is 2.04. The van der Waals surface area contributed by atoms with Crippen LogP contribution in [-0.4, -0.2) is 10.8 Å². The molecule has 0 saturated heterocycles. The Morgan fingerprint density at radius 3 is 2.53 bits per heavy atom. The first-order chi connectivity index (χ1) is 9.06. The lowest BCUT2D eigenvalue weighted by atomic mass is 10.0. The van der Waals surface area contributed by atoms with E-state index in [-0.39, 0.29) is 5.78 Å². The molecule has 3 nitrogen and oxygen atoms in total. The minimum atomic E-state index is -0.0478. The Morgan fingerprint density at radius 2 is 1.95 bits per heavy atom. The first kappa shape index (κ1) is 13.3. The van der Waals surface area contributed by atoms with E-state index in [1.54, 1.807) is 18.3 Å². The highest BCUT2D eigenvalue weighted by molar-refractivity contribution is 5.92. The second-order valence-corrected chi connectivity index (χ2v) is 4.76. The summed E-state index contributed by atoms with van der Waals surface area (Å²) in [5, 5.41) is 0. The van der Waals surface area contributed by atoms with Crippen LogP contribution in [0.25, 0.3) is 0 Å². The summed E-state index contributed by atoms with van der Waals surface area (Å²) in [6.45, 7) is 5.78. The van der Waals surface area contributed by atoms with Gasteiger partial charge in [0, 0.05) is 6.92 Å². The number of aromatic nitrogens is 1. The van der Waals surface area contributed by atoms with E-state index in [9.17, 15) is 4.79 Å². The summed E-state index contributed by atoms with van der Waals surface area (Å²) in [5.41, 5.74) is 1.68. The Morgan fingerprint density at radius 1 is 1.16 bits per heavy atom. The lowest BCUT2D eigenvalue weighted by Gasteiger charge is -2.09. The van der Waals surface area contributed by atoms with E-state index in [0.29, 0.717) is 17.4 Å². The van der Waals surface area contributed by atoms with Crippen molar-refractivity contribution in [2.45, 2.75) is 26.7 Å². The number of pyridine rings is 1. The smallest absolute Gasteiger partial charge is 0.178 e. The molecule has 0 N–H and O–H groups in total. The second kappa shape index (κ2) is 5.65. The van der Waals surface area contributed by atoms with Crippen LogP contribution in [0.15, 0.2) is 42.6 Å². The van der Waals surface area contributed by atoms with E-state index in [4.69, 9.17) is 4.74 Å². The van der Waals surface area contributed by atoms with Crippen molar-refractivity contribution in [1.82, 2.24) is 4.98 Å². The Kier molecular flexibility index (Phi) is 3.95. The maximum Gasteiger partial charge on any atom is 0.178 e. The van der Waals surface area contributed by atoms with Gasteiger partial charge in [0.2, 0.25) is 0 Å². The predicted molar refractivity (Wildman–Crippen MR) is 74.8 cm³/mol. The number of Topliss-reactive ketones (excluding diaryl/α,β-unsaturated/α-hetero) is 1. The Labute approximate surface area is 113 Å². The van der Waals surface area contributed by atoms with Crippen LogP contribution in [0.2, 0.25) is 0 Å². The third kappa shape index (κ3) is 3.41. The standard InChI is InChI=1S/C16H17NO2/c1-11(2)13-5-4-6-14(9-13)19-15-7-8-16(12(3)18)17-10-15/h4-11H,1-3H3. The van der Waals surface area contributed by atoms with E-state index in [1.165, 1.54) is 12.5 Å². The third-order valence-electron chi connectivity index (χ3n) is 2.86. The van der Waals surface area contributed by atoms with Crippen LogP contribution >= 0.6 is 0 Å². The van der Waals surface area contributed by atoms with Crippen molar-refractivity contribution in [3.8, 4) is 11.5 Å². The Bertz CT molecular complexity index is 574. The van der Waals surface area contributed by atoms with Crippen molar-refractivity contribution in [3.63, 3.8) is 0 Å². The molecule has 0 aliphatic heterocycles. The van der Waals surface area contributed by atoms with Crippen LogP contribution in [0.4, 0.5) is 0 Å². The molecule has 0 spiro atoms. The fourth-order valence-electron chi connectivity index (χ4n) is 1.72. The monoisotopic (exact) mass is 255 g/mol. The second-order valence-electron chi connectivity index (χ2n) is 4.76. The number of ketones is 1. The first-order valence-corrected chi connectivity index (χ1v) is 6.31. The molecule has 1 heterocycles. The van der Waals surface area contributed by atoms with Gasteiger partial charge in [-0.25, -0.2) is 4.98 Å². The van der Waals surface area contributed by atoms with E-state index in [0.717, 1.165) is 5.75 Å². The van der Waals surface area contributed by atoms with Crippen molar-refractivity contribution < 1.29 is 9.53 Å². The number of carbonyl (C=O) groups excluding carboxylic acids is 1. The van der Waals surface area contributed by atoms with E-state index >= 15 is 0 Å². The SMILES string of the molecule is CC(=O)c1ccc(Oc2cccc(C(C)C)c2)cn1. The van der Waals surface area contributed by atoms with Crippen LogP contribution in [0.3, 0.4) is 0 Å². The van der Waals surface area contributed by atoms with E-state index in [2.05, 4.69) is 24.9 Å². The molecule has 1 aromatic heterocycles. The number of rotatable bonds is 4. The van der Waals surface area contributed by atoms with Gasteiger partial charge >= 0.3 is 0 Å². The molecular formula is C16H17NO2. The zero-order valence-electron chi connectivity index (χ0n) is 11.4. The molecule has 2 rings (SSSR count). The van der Waals surface area contributed by atoms with Crippen LogP contribution < -0.4 is 4.74 Å². The van der Waals surface area contributed by atoms with Crippen molar-refractivity contribution in [2.75, 3.05) is 0 Å². The van der Waals surface area contributed by atoms with Crippen molar-refractivity contribution in [2.24, 2.45) is 0 Å². The van der Waals surface area contributed by atoms with Gasteiger partial charge in [-0.05, 0) is 35.7 Å². The summed E-state index contributed by atoms with van der Waals surface area (Å²) in [7, 11) is 0. The molecular weight excluding hydrogens is 238 g/mol. The van der Waals surface area contributed by atoms with Crippen LogP contribution in [-0.2, 0) is 0 Å². The summed E-state index contributed by atoms with van der Waals surface area (Å²) >= 11 is 0. The van der Waals surface area contributed by atoms with Gasteiger partial charge in [0.1, 0.15) is 17.2 Å². The van der Waals surface area contributed by atoms with Gasteiger partial charge in [-0.15, -0.1) is 0 Å². The number of ether oxygens (including phenoxy) is 1. The summed E-state index contributed by atoms with van der Waals surface area (Å²) in [4.78, 5) is 15.2. The number of benzene rings is 1. The third-order valence-corrected chi connectivity index (χ3v) is 2.86. The van der Waals surface area contributed by atoms with Crippen LogP contribution in [0, 0.1) is 0 Å². The normalized spacial score (nSPS) is 10.5. The number of nitrogens with zero attached hydrogens (tertiary/aromatic N) is 1. The molecule has 0 fully saturated rings. The molecule has 1 aromatic carbocycles. The zero-order valence-corrected chi connectivity index (χ0v) is 11.4. The van der Waals surface area contributed by atoms with Gasteiger partial charge in [-0.1, -0.05) is 26.0 Å². The minimum Gasteiger partial charge on any atom is -0.456 e. The molecule has 0 atom stereocenters. The summed E-state index contributed by atoms with van der Waals surface area (Å²) in [6, 6.07) is 11.4. The van der Waals surface area contributed by atoms with Crippen LogP contribution in [0.1, 0.15) is 42.7 Å². The maximum atomic E-state index is 11.1. The lowest BCUT2D eigenvalue weighted by molar-refractivity contribution is 0.101. The first-order valence-electron chi connectivity index (χ1n) is 6.31. The maximum absolute atomic E-state index is 11.1. The Hall–Kier alpha value is -2.16. The summed E-state index contributed by atoms with van der Waals surface area (Å²) in [6.07, 6.45) is 1.57. The molecule has 98 valence electrons. The molecule has 0 aliphatic rings. The van der Waals surface area contributed by atoms with Gasteiger partial charge in [0.15, 0.2) is 5.78 Å². The van der Waals surface area contributed by atoms with Gasteiger partial charge < -0.3 is 4.74 Å². The molecule has 0 aliphatic carbocycles. The molecule has 19 heavy (non-hydrogen) atoms. The topological polar surface area (TPSA) is 39.2 Å². The number of carbonyl (C=O) groups is 1. The lowest BCUT2D eigenvalue weighted by Crippen LogP contribution is -1.96. The quantitative estimate of drug-likeness (QED) is 0.768. The summed E-state index contributed by atoms with van der Waals surface area (Å²) in [5.74, 6) is 1.82. The van der Waals surface area contributed by atoms with Crippen molar-refractivity contribution in [3.05, 3.63) is 53.9 Å². The van der Waals surface area contributed by atoms with Gasteiger partial charge in [0.05, 0.1) is 6.20 Å². The summed E-state index contributed by atoms with van der Waals surface area (Å²) < 4.78 is 5.73. The van der Waals surface area contributed by atoms with Crippen molar-refractivity contribution in [1.29, 1.82) is 0 Å². The fraction of sp³-hybridized carbons (Fsp3) is 0.250. The zero-order chi connectivity index (χ0) is 13.8. The number of hydrogen-bond donors (Lipinski definition) is 0. The molecule has 0 amide bonds. The van der Waals surface area contributed by atoms with Crippen LogP contribution in [0.5, 0.6) is 11.5 Å².